The molecular formula is C16H21N3O2S2. The van der Waals surface area contributed by atoms with E-state index in [2.05, 4.69) is 15.6 Å². The highest BCUT2D eigenvalue weighted by molar-refractivity contribution is 7.84. The number of nitrogens with one attached hydrogen (secondary N) is 2. The van der Waals surface area contributed by atoms with Gasteiger partial charge < -0.3 is 10.6 Å². The van der Waals surface area contributed by atoms with Gasteiger partial charge in [-0.1, -0.05) is 19.1 Å². The van der Waals surface area contributed by atoms with Crippen LogP contribution in [0.25, 0.3) is 0 Å². The molecule has 0 aliphatic carbocycles. The smallest absolute Gasteiger partial charge is 0.319 e. The lowest BCUT2D eigenvalue weighted by atomic mass is 10.2. The van der Waals surface area contributed by atoms with E-state index < -0.39 is 10.8 Å². The Bertz CT molecular complexity index is 728. The molecule has 124 valence electrons. The van der Waals surface area contributed by atoms with Gasteiger partial charge in [0, 0.05) is 29.8 Å². The minimum absolute atomic E-state index is 0.149. The van der Waals surface area contributed by atoms with Crippen molar-refractivity contribution in [3.8, 4) is 0 Å². The Hall–Kier alpha value is -1.73. The van der Waals surface area contributed by atoms with E-state index in [4.69, 9.17) is 0 Å². The van der Waals surface area contributed by atoms with Gasteiger partial charge in [0.1, 0.15) is 0 Å². The Balaban J connectivity index is 1.99. The summed E-state index contributed by atoms with van der Waals surface area (Å²) in [5.74, 6) is 0.149. The van der Waals surface area contributed by atoms with Crippen LogP contribution in [0.2, 0.25) is 0 Å². The second kappa shape index (κ2) is 7.70. The molecule has 0 aliphatic heterocycles. The Morgan fingerprint density at radius 1 is 1.39 bits per heavy atom. The van der Waals surface area contributed by atoms with Crippen LogP contribution in [0, 0.1) is 13.8 Å². The first-order valence-electron chi connectivity index (χ1n) is 7.28. The van der Waals surface area contributed by atoms with Crippen molar-refractivity contribution in [2.75, 3.05) is 18.1 Å². The third-order valence-corrected chi connectivity index (χ3v) is 5.56. The molecule has 23 heavy (non-hydrogen) atoms. The van der Waals surface area contributed by atoms with Crippen LogP contribution >= 0.6 is 11.3 Å². The van der Waals surface area contributed by atoms with Crippen molar-refractivity contribution < 1.29 is 9.00 Å². The number of hydrogen-bond acceptors (Lipinski definition) is 4. The number of carbonyl (C=O) groups excluding carboxylic acids is 1. The standard InChI is InChI=1S/C16H21N3O2S2/c1-10-6-5-7-13(23(4)21)14(10)19-16(20)17-8-11(2)15-18-12(3)9-22-15/h5-7,9,11H,8H2,1-4H3,(H2,17,19,20)/t11-,23-/m1/s1. The molecule has 0 spiro atoms. The number of nitrogens with zero attached hydrogens (tertiary/aromatic N) is 1. The Labute approximate surface area is 143 Å². The molecular weight excluding hydrogens is 330 g/mol. The average Bonchev–Trinajstić information content (AvgIpc) is 2.93. The normalized spacial score (nSPS) is 13.4. The summed E-state index contributed by atoms with van der Waals surface area (Å²) in [5, 5.41) is 8.67. The van der Waals surface area contributed by atoms with E-state index in [1.807, 2.05) is 38.3 Å². The van der Waals surface area contributed by atoms with Crippen LogP contribution in [0.15, 0.2) is 28.5 Å². The van der Waals surface area contributed by atoms with Crippen LogP contribution in [0.4, 0.5) is 10.5 Å². The van der Waals surface area contributed by atoms with Gasteiger partial charge in [-0.2, -0.15) is 0 Å². The summed E-state index contributed by atoms with van der Waals surface area (Å²) in [6, 6.07) is 5.18. The number of carbonyl (C=O) groups is 1. The molecule has 0 saturated heterocycles. The number of thiazole rings is 1. The van der Waals surface area contributed by atoms with Crippen LogP contribution in [0.5, 0.6) is 0 Å². The first-order valence-corrected chi connectivity index (χ1v) is 9.72. The summed E-state index contributed by atoms with van der Waals surface area (Å²) in [7, 11) is -1.16. The van der Waals surface area contributed by atoms with E-state index in [1.54, 1.807) is 23.7 Å². The van der Waals surface area contributed by atoms with Crippen molar-refractivity contribution in [3.05, 3.63) is 39.8 Å². The van der Waals surface area contributed by atoms with Crippen molar-refractivity contribution in [2.24, 2.45) is 0 Å². The first-order chi connectivity index (χ1) is 10.9. The highest BCUT2D eigenvalue weighted by Crippen LogP contribution is 2.23. The molecule has 2 amide bonds. The van der Waals surface area contributed by atoms with Crippen molar-refractivity contribution >= 4 is 33.9 Å². The SMILES string of the molecule is Cc1csc([C@H](C)CNC(=O)Nc2c(C)cccc2[S@@](C)=O)n1. The van der Waals surface area contributed by atoms with Gasteiger partial charge in [-0.3, -0.25) is 4.21 Å². The lowest BCUT2D eigenvalue weighted by Gasteiger charge is -2.14. The summed E-state index contributed by atoms with van der Waals surface area (Å²) in [4.78, 5) is 17.2. The number of para-hydroxylation sites is 1. The van der Waals surface area contributed by atoms with Crippen LogP contribution in [-0.2, 0) is 10.8 Å². The van der Waals surface area contributed by atoms with Crippen LogP contribution < -0.4 is 10.6 Å². The molecule has 1 heterocycles. The number of rotatable bonds is 5. The maximum Gasteiger partial charge on any atom is 0.319 e. The molecule has 0 unspecified atom stereocenters. The molecule has 0 bridgehead atoms. The minimum Gasteiger partial charge on any atom is -0.337 e. The predicted octanol–water partition coefficient (Wildman–Crippen LogP) is 3.42. The van der Waals surface area contributed by atoms with Crippen LogP contribution in [0.1, 0.15) is 29.1 Å². The Morgan fingerprint density at radius 3 is 2.74 bits per heavy atom. The summed E-state index contributed by atoms with van der Waals surface area (Å²) in [6.07, 6.45) is 1.60. The quantitative estimate of drug-likeness (QED) is 0.867. The molecule has 0 fully saturated rings. The fraction of sp³-hybridized carbons (Fsp3) is 0.375. The van der Waals surface area contributed by atoms with E-state index in [-0.39, 0.29) is 11.9 Å². The fourth-order valence-corrected chi connectivity index (χ4v) is 3.76. The molecule has 1 aromatic heterocycles. The summed E-state index contributed by atoms with van der Waals surface area (Å²) in [6.45, 7) is 6.36. The third-order valence-electron chi connectivity index (χ3n) is 3.41. The zero-order chi connectivity index (χ0) is 17.0. The number of benzene rings is 1. The van der Waals surface area contributed by atoms with E-state index in [9.17, 15) is 9.00 Å². The molecule has 2 rings (SSSR count). The molecule has 0 radical (unpaired) electrons. The predicted molar refractivity (Wildman–Crippen MR) is 95.8 cm³/mol. The van der Waals surface area contributed by atoms with E-state index >= 15 is 0 Å². The highest BCUT2D eigenvalue weighted by Gasteiger charge is 2.14. The number of urea groups is 1. The van der Waals surface area contributed by atoms with E-state index in [0.29, 0.717) is 17.1 Å². The molecule has 1 aromatic carbocycles. The number of hydrogen-bond donors (Lipinski definition) is 2. The Morgan fingerprint density at radius 2 is 2.13 bits per heavy atom. The van der Waals surface area contributed by atoms with Crippen molar-refractivity contribution in [1.29, 1.82) is 0 Å². The molecule has 2 N–H and O–H groups in total. The summed E-state index contributed by atoms with van der Waals surface area (Å²) in [5.41, 5.74) is 2.50. The molecule has 2 atom stereocenters. The van der Waals surface area contributed by atoms with Gasteiger partial charge in [-0.05, 0) is 25.5 Å². The molecule has 0 aliphatic rings. The van der Waals surface area contributed by atoms with Crippen LogP contribution in [0.3, 0.4) is 0 Å². The second-order valence-corrected chi connectivity index (χ2v) is 7.70. The fourth-order valence-electron chi connectivity index (χ4n) is 2.13. The zero-order valence-electron chi connectivity index (χ0n) is 13.7. The lowest BCUT2D eigenvalue weighted by molar-refractivity contribution is 0.251. The lowest BCUT2D eigenvalue weighted by Crippen LogP contribution is -2.32. The van der Waals surface area contributed by atoms with Gasteiger partial charge in [0.05, 0.1) is 26.4 Å². The molecule has 0 saturated carbocycles. The van der Waals surface area contributed by atoms with E-state index in [0.717, 1.165) is 16.3 Å². The second-order valence-electron chi connectivity index (χ2n) is 5.47. The van der Waals surface area contributed by atoms with Gasteiger partial charge in [-0.15, -0.1) is 11.3 Å². The minimum atomic E-state index is -1.16. The molecule has 7 heteroatoms. The number of amides is 2. The number of anilines is 1. The van der Waals surface area contributed by atoms with Gasteiger partial charge in [0.2, 0.25) is 0 Å². The topological polar surface area (TPSA) is 71.1 Å². The first kappa shape index (κ1) is 17.6. The average molecular weight is 351 g/mol. The van der Waals surface area contributed by atoms with E-state index in [1.165, 1.54) is 0 Å². The molecule has 2 aromatic rings. The van der Waals surface area contributed by atoms with Gasteiger partial charge >= 0.3 is 6.03 Å². The van der Waals surface area contributed by atoms with Gasteiger partial charge in [-0.25, -0.2) is 9.78 Å². The van der Waals surface area contributed by atoms with Crippen LogP contribution in [-0.4, -0.2) is 28.0 Å². The highest BCUT2D eigenvalue weighted by atomic mass is 32.2. The van der Waals surface area contributed by atoms with Crippen molar-refractivity contribution in [3.63, 3.8) is 0 Å². The zero-order valence-corrected chi connectivity index (χ0v) is 15.3. The third kappa shape index (κ3) is 4.62. The van der Waals surface area contributed by atoms with Gasteiger partial charge in [0.25, 0.3) is 0 Å². The number of aryl methyl sites for hydroxylation is 2. The molecule has 5 nitrogen and oxygen atoms in total. The van der Waals surface area contributed by atoms with Gasteiger partial charge in [0.15, 0.2) is 0 Å². The maximum atomic E-state index is 12.1. The van der Waals surface area contributed by atoms with Crippen molar-refractivity contribution in [1.82, 2.24) is 10.3 Å². The summed E-state index contributed by atoms with van der Waals surface area (Å²) < 4.78 is 11.8. The summed E-state index contributed by atoms with van der Waals surface area (Å²) >= 11 is 1.60. The largest absolute Gasteiger partial charge is 0.337 e. The van der Waals surface area contributed by atoms with Crippen molar-refractivity contribution in [2.45, 2.75) is 31.6 Å². The maximum absolute atomic E-state index is 12.1. The number of aromatic nitrogens is 1. The Kier molecular flexibility index (Phi) is 5.90. The monoisotopic (exact) mass is 351 g/mol.